The lowest BCUT2D eigenvalue weighted by Crippen LogP contribution is -2.38. The maximum absolute atomic E-state index is 12.3. The lowest BCUT2D eigenvalue weighted by molar-refractivity contribution is -0.120. The van der Waals surface area contributed by atoms with Gasteiger partial charge in [0.15, 0.2) is 0 Å². The Morgan fingerprint density at radius 1 is 1.14 bits per heavy atom. The van der Waals surface area contributed by atoms with Gasteiger partial charge in [0.25, 0.3) is 5.91 Å². The standard InChI is InChI=1S/C21H22BrN3O3/c1-14(17-5-2-3-6-18(17)22)24-19(26)13-23-21(28)15-8-10-16(11-9-15)25-12-4-7-20(25)27/h2-3,5-6,8-11,14H,4,7,12-13H2,1H3,(H,23,28)(H,24,26)/t14-/m0/s1. The van der Waals surface area contributed by atoms with Gasteiger partial charge in [-0.2, -0.15) is 0 Å². The molecule has 3 amide bonds. The summed E-state index contributed by atoms with van der Waals surface area (Å²) in [6.07, 6.45) is 1.42. The second kappa shape index (κ2) is 9.01. The third-order valence-electron chi connectivity index (χ3n) is 4.67. The molecular formula is C21H22BrN3O3. The van der Waals surface area contributed by atoms with Crippen LogP contribution in [0, 0.1) is 0 Å². The molecule has 3 rings (SSSR count). The molecule has 1 aliphatic rings. The molecule has 146 valence electrons. The average Bonchev–Trinajstić information content (AvgIpc) is 3.12. The summed E-state index contributed by atoms with van der Waals surface area (Å²) >= 11 is 3.47. The van der Waals surface area contributed by atoms with Crippen molar-refractivity contribution < 1.29 is 14.4 Å². The number of anilines is 1. The summed E-state index contributed by atoms with van der Waals surface area (Å²) in [6.45, 7) is 2.48. The van der Waals surface area contributed by atoms with Gasteiger partial charge in [-0.3, -0.25) is 14.4 Å². The van der Waals surface area contributed by atoms with E-state index in [1.54, 1.807) is 29.2 Å². The van der Waals surface area contributed by atoms with Gasteiger partial charge in [-0.25, -0.2) is 0 Å². The van der Waals surface area contributed by atoms with E-state index < -0.39 is 0 Å². The maximum atomic E-state index is 12.3. The zero-order chi connectivity index (χ0) is 20.1. The number of halogens is 1. The minimum absolute atomic E-state index is 0.105. The lowest BCUT2D eigenvalue weighted by Gasteiger charge is -2.17. The molecule has 6 nitrogen and oxygen atoms in total. The van der Waals surface area contributed by atoms with Gasteiger partial charge in [0, 0.05) is 28.7 Å². The SMILES string of the molecule is C[C@H](NC(=O)CNC(=O)c1ccc(N2CCCC2=O)cc1)c1ccccc1Br. The van der Waals surface area contributed by atoms with Crippen molar-refractivity contribution >= 4 is 39.3 Å². The normalized spacial score (nSPS) is 14.6. The third kappa shape index (κ3) is 4.78. The quantitative estimate of drug-likeness (QED) is 0.719. The molecule has 0 aliphatic carbocycles. The van der Waals surface area contributed by atoms with Crippen LogP contribution in [0.15, 0.2) is 53.0 Å². The van der Waals surface area contributed by atoms with Crippen molar-refractivity contribution in [1.29, 1.82) is 0 Å². The number of benzene rings is 2. The summed E-state index contributed by atoms with van der Waals surface area (Å²) in [6, 6.07) is 14.3. The van der Waals surface area contributed by atoms with E-state index in [4.69, 9.17) is 0 Å². The molecule has 1 fully saturated rings. The largest absolute Gasteiger partial charge is 0.348 e. The van der Waals surface area contributed by atoms with Crippen molar-refractivity contribution in [2.45, 2.75) is 25.8 Å². The van der Waals surface area contributed by atoms with Crippen LogP contribution in [0.4, 0.5) is 5.69 Å². The van der Waals surface area contributed by atoms with Gasteiger partial charge >= 0.3 is 0 Å². The van der Waals surface area contributed by atoms with Crippen LogP contribution >= 0.6 is 15.9 Å². The van der Waals surface area contributed by atoms with Crippen LogP contribution in [0.1, 0.15) is 41.7 Å². The molecule has 0 radical (unpaired) electrons. The molecule has 28 heavy (non-hydrogen) atoms. The van der Waals surface area contributed by atoms with E-state index in [0.717, 1.165) is 22.1 Å². The highest BCUT2D eigenvalue weighted by Crippen LogP contribution is 2.23. The highest BCUT2D eigenvalue weighted by Gasteiger charge is 2.21. The molecule has 0 aromatic heterocycles. The van der Waals surface area contributed by atoms with Gasteiger partial charge in [0.2, 0.25) is 11.8 Å². The Labute approximate surface area is 172 Å². The van der Waals surface area contributed by atoms with Crippen molar-refractivity contribution in [2.75, 3.05) is 18.0 Å². The Kier molecular flexibility index (Phi) is 6.46. The molecule has 1 saturated heterocycles. The molecule has 1 atom stereocenters. The van der Waals surface area contributed by atoms with Crippen LogP contribution in [-0.2, 0) is 9.59 Å². The van der Waals surface area contributed by atoms with Gasteiger partial charge in [-0.05, 0) is 49.2 Å². The molecule has 0 unspecified atom stereocenters. The van der Waals surface area contributed by atoms with Crippen molar-refractivity contribution in [1.82, 2.24) is 10.6 Å². The van der Waals surface area contributed by atoms with Crippen LogP contribution in [0.2, 0.25) is 0 Å². The van der Waals surface area contributed by atoms with Crippen molar-refractivity contribution in [3.63, 3.8) is 0 Å². The monoisotopic (exact) mass is 443 g/mol. The van der Waals surface area contributed by atoms with Gasteiger partial charge in [0.1, 0.15) is 0 Å². The number of amides is 3. The van der Waals surface area contributed by atoms with Gasteiger partial charge in [-0.1, -0.05) is 34.1 Å². The topological polar surface area (TPSA) is 78.5 Å². The zero-order valence-electron chi connectivity index (χ0n) is 15.6. The first-order valence-corrected chi connectivity index (χ1v) is 9.97. The molecule has 0 saturated carbocycles. The summed E-state index contributed by atoms with van der Waals surface area (Å²) in [5.74, 6) is -0.494. The minimum atomic E-state index is -0.331. The molecule has 0 bridgehead atoms. The third-order valence-corrected chi connectivity index (χ3v) is 5.40. The van der Waals surface area contributed by atoms with E-state index in [2.05, 4.69) is 26.6 Å². The van der Waals surface area contributed by atoms with Gasteiger partial charge < -0.3 is 15.5 Å². The maximum Gasteiger partial charge on any atom is 0.251 e. The minimum Gasteiger partial charge on any atom is -0.348 e. The van der Waals surface area contributed by atoms with Crippen LogP contribution in [0.25, 0.3) is 0 Å². The van der Waals surface area contributed by atoms with E-state index >= 15 is 0 Å². The fourth-order valence-corrected chi connectivity index (χ4v) is 3.80. The Morgan fingerprint density at radius 3 is 2.50 bits per heavy atom. The number of hydrogen-bond donors (Lipinski definition) is 2. The lowest BCUT2D eigenvalue weighted by atomic mass is 10.1. The molecule has 2 aromatic carbocycles. The number of carbonyl (C=O) groups is 3. The summed E-state index contributed by atoms with van der Waals surface area (Å²) in [5, 5.41) is 5.49. The summed E-state index contributed by atoms with van der Waals surface area (Å²) in [7, 11) is 0. The van der Waals surface area contributed by atoms with Crippen molar-refractivity contribution in [3.05, 3.63) is 64.1 Å². The summed E-state index contributed by atoms with van der Waals surface area (Å²) in [4.78, 5) is 37.9. The fraction of sp³-hybridized carbons (Fsp3) is 0.286. The first-order chi connectivity index (χ1) is 13.5. The predicted octanol–water partition coefficient (Wildman–Crippen LogP) is 3.18. The molecular weight excluding hydrogens is 422 g/mol. The van der Waals surface area contributed by atoms with Crippen LogP contribution < -0.4 is 15.5 Å². The molecule has 7 heteroatoms. The molecule has 0 spiro atoms. The highest BCUT2D eigenvalue weighted by atomic mass is 79.9. The first kappa shape index (κ1) is 20.1. The Bertz CT molecular complexity index is 883. The van der Waals surface area contributed by atoms with E-state index in [1.807, 2.05) is 31.2 Å². The highest BCUT2D eigenvalue weighted by molar-refractivity contribution is 9.10. The Morgan fingerprint density at radius 2 is 1.86 bits per heavy atom. The smallest absolute Gasteiger partial charge is 0.251 e. The Hall–Kier alpha value is -2.67. The number of carbonyl (C=O) groups excluding carboxylic acids is 3. The van der Waals surface area contributed by atoms with E-state index in [9.17, 15) is 14.4 Å². The van der Waals surface area contributed by atoms with E-state index in [1.165, 1.54) is 0 Å². The number of rotatable bonds is 6. The number of nitrogens with zero attached hydrogens (tertiary/aromatic N) is 1. The fourth-order valence-electron chi connectivity index (χ4n) is 3.17. The molecule has 2 N–H and O–H groups in total. The summed E-state index contributed by atoms with van der Waals surface area (Å²) in [5.41, 5.74) is 2.20. The molecule has 1 heterocycles. The van der Waals surface area contributed by atoms with Gasteiger partial charge in [0.05, 0.1) is 12.6 Å². The molecule has 2 aromatic rings. The van der Waals surface area contributed by atoms with E-state index in [-0.39, 0.29) is 30.3 Å². The van der Waals surface area contributed by atoms with Crippen LogP contribution in [-0.4, -0.2) is 30.8 Å². The Balaban J connectivity index is 1.51. The van der Waals surface area contributed by atoms with Crippen LogP contribution in [0.5, 0.6) is 0 Å². The number of nitrogens with one attached hydrogen (secondary N) is 2. The van der Waals surface area contributed by atoms with E-state index in [0.29, 0.717) is 18.5 Å². The summed E-state index contributed by atoms with van der Waals surface area (Å²) < 4.78 is 0.920. The molecule has 1 aliphatic heterocycles. The zero-order valence-corrected chi connectivity index (χ0v) is 17.2. The van der Waals surface area contributed by atoms with Crippen molar-refractivity contribution in [2.24, 2.45) is 0 Å². The van der Waals surface area contributed by atoms with Gasteiger partial charge in [-0.15, -0.1) is 0 Å². The number of hydrogen-bond acceptors (Lipinski definition) is 3. The second-order valence-corrected chi connectivity index (χ2v) is 7.54. The second-order valence-electron chi connectivity index (χ2n) is 6.69. The van der Waals surface area contributed by atoms with Crippen molar-refractivity contribution in [3.8, 4) is 0 Å². The first-order valence-electron chi connectivity index (χ1n) is 9.18. The van der Waals surface area contributed by atoms with Crippen LogP contribution in [0.3, 0.4) is 0 Å². The average molecular weight is 444 g/mol. The predicted molar refractivity (Wildman–Crippen MR) is 111 cm³/mol.